The van der Waals surface area contributed by atoms with E-state index >= 15 is 4.39 Å². The van der Waals surface area contributed by atoms with Gasteiger partial charge in [0.05, 0.1) is 5.56 Å². The molecule has 154 valence electrons. The smallest absolute Gasteiger partial charge is 0.362 e. The summed E-state index contributed by atoms with van der Waals surface area (Å²) in [5, 5.41) is 0. The molecule has 0 spiro atoms. The minimum absolute atomic E-state index is 0.408. The molecular weight excluding hydrogens is 398 g/mol. The molecular formula is C25H20F2N2O2+2. The van der Waals surface area contributed by atoms with E-state index in [1.54, 1.807) is 22.9 Å². The molecule has 2 unspecified atom stereocenters. The Bertz CT molecular complexity index is 1350. The number of pyridine rings is 2. The van der Waals surface area contributed by atoms with Crippen LogP contribution in [0.25, 0.3) is 17.1 Å². The molecule has 2 atom stereocenters. The van der Waals surface area contributed by atoms with E-state index in [0.717, 1.165) is 11.6 Å². The number of ether oxygens (including phenoxy) is 1. The molecule has 2 aromatic heterocycles. The zero-order chi connectivity index (χ0) is 21.5. The first-order chi connectivity index (χ1) is 15.0. The molecule has 0 amide bonds. The Kier molecular flexibility index (Phi) is 3.46. The lowest BCUT2D eigenvalue weighted by Gasteiger charge is -2.27. The third-order valence-corrected chi connectivity index (χ3v) is 7.26. The molecule has 0 saturated heterocycles. The van der Waals surface area contributed by atoms with E-state index in [4.69, 9.17) is 4.74 Å². The summed E-state index contributed by atoms with van der Waals surface area (Å²) in [6.07, 6.45) is 5.02. The summed E-state index contributed by atoms with van der Waals surface area (Å²) >= 11 is 0. The van der Waals surface area contributed by atoms with Crippen molar-refractivity contribution in [1.82, 2.24) is 0 Å². The van der Waals surface area contributed by atoms with Crippen molar-refractivity contribution in [1.29, 1.82) is 0 Å². The van der Waals surface area contributed by atoms with Crippen LogP contribution in [-0.2, 0) is 15.7 Å². The summed E-state index contributed by atoms with van der Waals surface area (Å²) < 4.78 is 39.3. The van der Waals surface area contributed by atoms with Crippen LogP contribution in [0.15, 0.2) is 66.5 Å². The minimum Gasteiger partial charge on any atom is -0.362 e. The van der Waals surface area contributed by atoms with Gasteiger partial charge in [0.25, 0.3) is 5.69 Å². The third kappa shape index (κ3) is 1.92. The van der Waals surface area contributed by atoms with Gasteiger partial charge in [0.2, 0.25) is 11.2 Å². The van der Waals surface area contributed by atoms with Crippen molar-refractivity contribution in [3.05, 3.63) is 89.4 Å². The number of fused-ring (bicyclic) bond motifs is 7. The Hall–Kier alpha value is -3.41. The topological polar surface area (TPSA) is 34.1 Å². The highest BCUT2D eigenvalue weighted by Gasteiger charge is 2.86. The van der Waals surface area contributed by atoms with Gasteiger partial charge in [0.15, 0.2) is 12.4 Å². The van der Waals surface area contributed by atoms with Crippen LogP contribution in [0.3, 0.4) is 0 Å². The fourth-order valence-electron chi connectivity index (χ4n) is 6.15. The number of hydrogen-bond donors (Lipinski definition) is 0. The predicted octanol–water partition coefficient (Wildman–Crippen LogP) is 4.03. The van der Waals surface area contributed by atoms with Gasteiger partial charge in [0.1, 0.15) is 22.6 Å². The van der Waals surface area contributed by atoms with Gasteiger partial charge in [0, 0.05) is 36.8 Å². The molecule has 1 fully saturated rings. The summed E-state index contributed by atoms with van der Waals surface area (Å²) in [7, 11) is 0. The standard InChI is InChI=1S/C25H20F2N2O2/c1-3-24-16-13-15(26)14-17(27)20(16)18-9-6-8-12-29(18)25(24,4-2)21(24)22-28-11-7-5-10-19(28)23(30)31-22/h5-14H,3-4H2,1-2H3/q+2/b22-21-. The van der Waals surface area contributed by atoms with E-state index < -0.39 is 28.6 Å². The lowest BCUT2D eigenvalue weighted by atomic mass is 9.79. The number of allylic oxidation sites excluding steroid dienone is 1. The van der Waals surface area contributed by atoms with E-state index in [1.165, 1.54) is 6.07 Å². The van der Waals surface area contributed by atoms with Crippen LogP contribution in [-0.4, -0.2) is 5.97 Å². The summed E-state index contributed by atoms with van der Waals surface area (Å²) in [6.45, 7) is 4.09. The molecule has 2 aliphatic heterocycles. The monoisotopic (exact) mass is 418 g/mol. The number of nitrogens with zero attached hydrogens (tertiary/aromatic N) is 2. The zero-order valence-corrected chi connectivity index (χ0v) is 17.2. The molecule has 0 radical (unpaired) electrons. The van der Waals surface area contributed by atoms with Crippen molar-refractivity contribution in [2.24, 2.45) is 0 Å². The van der Waals surface area contributed by atoms with Crippen molar-refractivity contribution in [2.75, 3.05) is 0 Å². The van der Waals surface area contributed by atoms with Crippen LogP contribution >= 0.6 is 0 Å². The predicted molar refractivity (Wildman–Crippen MR) is 107 cm³/mol. The Morgan fingerprint density at radius 1 is 0.968 bits per heavy atom. The Balaban J connectivity index is 1.78. The molecule has 1 aromatic carbocycles. The molecule has 3 aliphatic rings. The summed E-state index contributed by atoms with van der Waals surface area (Å²) in [5.41, 5.74) is 1.78. The van der Waals surface area contributed by atoms with Gasteiger partial charge in [-0.25, -0.2) is 13.6 Å². The number of cyclic esters (lactones) is 1. The number of hydrogen-bond acceptors (Lipinski definition) is 2. The Labute approximate surface area is 178 Å². The van der Waals surface area contributed by atoms with Gasteiger partial charge >= 0.3 is 11.9 Å². The average Bonchev–Trinajstić information content (AvgIpc) is 3.29. The Morgan fingerprint density at radius 3 is 2.45 bits per heavy atom. The number of aromatic nitrogens is 2. The van der Waals surface area contributed by atoms with Crippen molar-refractivity contribution in [3.63, 3.8) is 0 Å². The van der Waals surface area contributed by atoms with Crippen LogP contribution in [0.4, 0.5) is 8.78 Å². The van der Waals surface area contributed by atoms with E-state index in [2.05, 4.69) is 11.5 Å². The SMILES string of the molecule is CCC12/C(=C3/OC(=O)c4cccc[n+]43)C1(CC)[n+]1ccccc1-c1c(F)cc(F)cc12. The maximum absolute atomic E-state index is 15.2. The normalized spacial score (nSPS) is 27.2. The molecule has 1 aliphatic carbocycles. The number of carbonyl (C=O) groups excluding carboxylic acids is 1. The molecule has 4 nitrogen and oxygen atoms in total. The van der Waals surface area contributed by atoms with E-state index in [9.17, 15) is 9.18 Å². The van der Waals surface area contributed by atoms with Gasteiger partial charge < -0.3 is 4.74 Å². The van der Waals surface area contributed by atoms with Crippen LogP contribution in [0.2, 0.25) is 0 Å². The molecule has 31 heavy (non-hydrogen) atoms. The molecule has 3 aromatic rings. The van der Waals surface area contributed by atoms with Crippen molar-refractivity contribution < 1.29 is 27.4 Å². The maximum Gasteiger partial charge on any atom is 0.413 e. The quantitative estimate of drug-likeness (QED) is 0.465. The molecule has 0 N–H and O–H groups in total. The van der Waals surface area contributed by atoms with Gasteiger partial charge in [-0.3, -0.25) is 0 Å². The van der Waals surface area contributed by atoms with Crippen molar-refractivity contribution in [2.45, 2.75) is 37.6 Å². The van der Waals surface area contributed by atoms with Gasteiger partial charge in [-0.15, -0.1) is 4.57 Å². The third-order valence-electron chi connectivity index (χ3n) is 7.26. The zero-order valence-electron chi connectivity index (χ0n) is 17.2. The number of rotatable bonds is 2. The summed E-state index contributed by atoms with van der Waals surface area (Å²) in [5.74, 6) is -1.16. The highest BCUT2D eigenvalue weighted by molar-refractivity contribution is 5.92. The second kappa shape index (κ2) is 5.84. The highest BCUT2D eigenvalue weighted by Crippen LogP contribution is 2.73. The molecule has 6 rings (SSSR count). The minimum atomic E-state index is -0.681. The number of benzene rings is 1. The fraction of sp³-hybridized carbons (Fsp3) is 0.240. The van der Waals surface area contributed by atoms with Crippen molar-refractivity contribution >= 4 is 11.9 Å². The fourth-order valence-corrected chi connectivity index (χ4v) is 6.15. The Morgan fingerprint density at radius 2 is 1.71 bits per heavy atom. The van der Waals surface area contributed by atoms with Crippen LogP contribution < -0.4 is 9.13 Å². The number of halogens is 2. The largest absolute Gasteiger partial charge is 0.413 e. The van der Waals surface area contributed by atoms with E-state index in [-0.39, 0.29) is 0 Å². The molecule has 0 bridgehead atoms. The first-order valence-electron chi connectivity index (χ1n) is 10.5. The van der Waals surface area contributed by atoms with Gasteiger partial charge in [-0.2, -0.15) is 4.57 Å². The van der Waals surface area contributed by atoms with Crippen molar-refractivity contribution in [3.8, 4) is 11.3 Å². The van der Waals surface area contributed by atoms with Gasteiger partial charge in [-0.05, 0) is 30.2 Å². The number of carbonyl (C=O) groups is 1. The van der Waals surface area contributed by atoms with Gasteiger partial charge in [-0.1, -0.05) is 13.8 Å². The second-order valence-corrected chi connectivity index (χ2v) is 8.26. The van der Waals surface area contributed by atoms with Crippen LogP contribution in [0.5, 0.6) is 0 Å². The molecule has 4 heterocycles. The number of esters is 1. The second-order valence-electron chi connectivity index (χ2n) is 8.26. The first kappa shape index (κ1) is 18.4. The molecule has 6 heteroatoms. The lowest BCUT2D eigenvalue weighted by molar-refractivity contribution is -0.732. The van der Waals surface area contributed by atoms with E-state index in [0.29, 0.717) is 41.2 Å². The first-order valence-corrected chi connectivity index (χ1v) is 10.5. The lowest BCUT2D eigenvalue weighted by Crippen LogP contribution is -2.55. The van der Waals surface area contributed by atoms with E-state index in [1.807, 2.05) is 37.4 Å². The maximum atomic E-state index is 15.2. The highest BCUT2D eigenvalue weighted by atomic mass is 19.1. The van der Waals surface area contributed by atoms with Crippen LogP contribution in [0.1, 0.15) is 42.7 Å². The van der Waals surface area contributed by atoms with Crippen LogP contribution in [0, 0.1) is 11.6 Å². The average molecular weight is 418 g/mol. The summed E-state index contributed by atoms with van der Waals surface area (Å²) in [4.78, 5) is 12.6. The summed E-state index contributed by atoms with van der Waals surface area (Å²) in [6, 6.07) is 13.4. The molecule has 1 saturated carbocycles.